The minimum absolute atomic E-state index is 0.151. The minimum Gasteiger partial charge on any atom is -0.121 e. The molecule has 0 aliphatic carbocycles. The van der Waals surface area contributed by atoms with Crippen LogP contribution in [0.15, 0.2) is 13.6 Å². The van der Waals surface area contributed by atoms with Gasteiger partial charge in [0.1, 0.15) is 0 Å². The molecule has 1 atom stereocenters. The molecule has 0 nitrogen and oxygen atoms in total. The van der Waals surface area contributed by atoms with Gasteiger partial charge in [-0.05, 0) is 49.9 Å². The Morgan fingerprint density at radius 1 is 1.25 bits per heavy atom. The van der Waals surface area contributed by atoms with Crippen LogP contribution in [-0.4, -0.2) is 0 Å². The molecule has 4 heteroatoms. The van der Waals surface area contributed by atoms with Crippen LogP contribution in [0.4, 0.5) is 0 Å². The number of rotatable bonds is 7. The summed E-state index contributed by atoms with van der Waals surface area (Å²) in [6.45, 7) is 2.24. The standard InChI is InChI=1S/C12H17Br2ClS/c1-2-3-4-5-6-7-10(15)9-8-11(13)16-12(9)14/h8,10H,2-7H2,1H3. The summed E-state index contributed by atoms with van der Waals surface area (Å²) in [4.78, 5) is 0. The van der Waals surface area contributed by atoms with Crippen LogP contribution < -0.4 is 0 Å². The molecule has 1 aromatic rings. The van der Waals surface area contributed by atoms with Crippen molar-refractivity contribution in [1.29, 1.82) is 0 Å². The van der Waals surface area contributed by atoms with Gasteiger partial charge in [-0.25, -0.2) is 0 Å². The van der Waals surface area contributed by atoms with E-state index in [2.05, 4.69) is 44.8 Å². The highest BCUT2D eigenvalue weighted by molar-refractivity contribution is 9.12. The minimum atomic E-state index is 0.151. The van der Waals surface area contributed by atoms with Gasteiger partial charge >= 0.3 is 0 Å². The first-order chi connectivity index (χ1) is 7.65. The van der Waals surface area contributed by atoms with Crippen molar-refractivity contribution in [3.63, 3.8) is 0 Å². The lowest BCUT2D eigenvalue weighted by atomic mass is 10.1. The quantitative estimate of drug-likeness (QED) is 0.351. The molecule has 0 bridgehead atoms. The topological polar surface area (TPSA) is 0 Å². The molecule has 92 valence electrons. The second-order valence-electron chi connectivity index (χ2n) is 3.95. The third kappa shape index (κ3) is 5.07. The molecule has 0 aromatic carbocycles. The van der Waals surface area contributed by atoms with E-state index in [1.165, 1.54) is 37.7 Å². The Hall–Kier alpha value is 0.950. The number of alkyl halides is 1. The third-order valence-corrected chi connectivity index (χ3v) is 5.42. The van der Waals surface area contributed by atoms with Crippen molar-refractivity contribution in [3.8, 4) is 0 Å². The maximum Gasteiger partial charge on any atom is 0.0757 e. The Balaban J connectivity index is 2.29. The molecule has 0 spiro atoms. The van der Waals surface area contributed by atoms with E-state index in [0.717, 1.165) is 14.0 Å². The third-order valence-electron chi connectivity index (χ3n) is 2.58. The van der Waals surface area contributed by atoms with E-state index in [1.807, 2.05) is 0 Å². The SMILES string of the molecule is CCCCCCCC(Cl)c1cc(Br)sc1Br. The Labute approximate surface area is 124 Å². The van der Waals surface area contributed by atoms with Gasteiger partial charge in [0.2, 0.25) is 0 Å². The van der Waals surface area contributed by atoms with Gasteiger partial charge in [0.05, 0.1) is 12.9 Å². The molecule has 0 aliphatic heterocycles. The molecule has 0 saturated carbocycles. The maximum atomic E-state index is 6.39. The van der Waals surface area contributed by atoms with Crippen LogP contribution in [0.5, 0.6) is 0 Å². The van der Waals surface area contributed by atoms with E-state index in [4.69, 9.17) is 11.6 Å². The van der Waals surface area contributed by atoms with Gasteiger partial charge in [0.15, 0.2) is 0 Å². The van der Waals surface area contributed by atoms with Crippen LogP contribution in [0.3, 0.4) is 0 Å². The predicted octanol–water partition coefficient (Wildman–Crippen LogP) is 6.91. The first kappa shape index (κ1) is 15.0. The Morgan fingerprint density at radius 2 is 1.94 bits per heavy atom. The van der Waals surface area contributed by atoms with Crippen molar-refractivity contribution in [2.45, 2.75) is 50.8 Å². The average molecular weight is 389 g/mol. The number of halogens is 3. The second kappa shape index (κ2) is 8.12. The van der Waals surface area contributed by atoms with Crippen LogP contribution in [0.2, 0.25) is 0 Å². The number of thiophene rings is 1. The summed E-state index contributed by atoms with van der Waals surface area (Å²) < 4.78 is 2.30. The Morgan fingerprint density at radius 3 is 2.50 bits per heavy atom. The van der Waals surface area contributed by atoms with Crippen molar-refractivity contribution in [3.05, 3.63) is 19.2 Å². The monoisotopic (exact) mass is 386 g/mol. The fraction of sp³-hybridized carbons (Fsp3) is 0.667. The smallest absolute Gasteiger partial charge is 0.0757 e. The highest BCUT2D eigenvalue weighted by Crippen LogP contribution is 2.39. The van der Waals surface area contributed by atoms with Gasteiger partial charge in [-0.15, -0.1) is 22.9 Å². The van der Waals surface area contributed by atoms with Crippen molar-refractivity contribution in [2.24, 2.45) is 0 Å². The molecule has 0 fully saturated rings. The molecular weight excluding hydrogens is 371 g/mol. The molecule has 0 saturated heterocycles. The van der Waals surface area contributed by atoms with Gasteiger partial charge in [0.25, 0.3) is 0 Å². The fourth-order valence-corrected chi connectivity index (χ4v) is 5.15. The van der Waals surface area contributed by atoms with E-state index in [1.54, 1.807) is 11.3 Å². The van der Waals surface area contributed by atoms with Crippen LogP contribution in [0, 0.1) is 0 Å². The molecule has 0 amide bonds. The summed E-state index contributed by atoms with van der Waals surface area (Å²) in [6, 6.07) is 2.12. The zero-order valence-corrected chi connectivity index (χ0v) is 14.2. The second-order valence-corrected chi connectivity index (χ2v) is 8.23. The van der Waals surface area contributed by atoms with E-state index in [-0.39, 0.29) is 5.38 Å². The van der Waals surface area contributed by atoms with Gasteiger partial charge < -0.3 is 0 Å². The van der Waals surface area contributed by atoms with Crippen molar-refractivity contribution in [2.75, 3.05) is 0 Å². The van der Waals surface area contributed by atoms with Crippen molar-refractivity contribution >= 4 is 54.8 Å². The number of unbranched alkanes of at least 4 members (excludes halogenated alkanes) is 4. The summed E-state index contributed by atoms with van der Waals surface area (Å²) in [5, 5.41) is 0.151. The van der Waals surface area contributed by atoms with Crippen LogP contribution in [0.1, 0.15) is 56.4 Å². The van der Waals surface area contributed by atoms with Gasteiger partial charge in [-0.3, -0.25) is 0 Å². The lowest BCUT2D eigenvalue weighted by molar-refractivity contribution is 0.601. The molecule has 0 radical (unpaired) electrons. The van der Waals surface area contributed by atoms with Crippen LogP contribution >= 0.6 is 54.8 Å². The highest BCUT2D eigenvalue weighted by Gasteiger charge is 2.14. The normalized spacial score (nSPS) is 13.0. The molecule has 0 N–H and O–H groups in total. The maximum absolute atomic E-state index is 6.39. The van der Waals surface area contributed by atoms with E-state index < -0.39 is 0 Å². The van der Waals surface area contributed by atoms with Crippen LogP contribution in [0.25, 0.3) is 0 Å². The molecule has 1 heterocycles. The first-order valence-corrected chi connectivity index (χ1v) is 8.57. The molecule has 1 unspecified atom stereocenters. The average Bonchev–Trinajstić information content (AvgIpc) is 2.57. The van der Waals surface area contributed by atoms with Gasteiger partial charge in [-0.2, -0.15) is 0 Å². The van der Waals surface area contributed by atoms with E-state index >= 15 is 0 Å². The first-order valence-electron chi connectivity index (χ1n) is 5.74. The predicted molar refractivity (Wildman–Crippen MR) is 81.7 cm³/mol. The molecule has 0 aliphatic rings. The zero-order valence-electron chi connectivity index (χ0n) is 9.44. The summed E-state index contributed by atoms with van der Waals surface area (Å²) in [6.07, 6.45) is 7.60. The molecular formula is C12H17Br2ClS. The Kier molecular flexibility index (Phi) is 7.62. The molecule has 16 heavy (non-hydrogen) atoms. The summed E-state index contributed by atoms with van der Waals surface area (Å²) in [5.74, 6) is 0. The van der Waals surface area contributed by atoms with Crippen molar-refractivity contribution < 1.29 is 0 Å². The summed E-state index contributed by atoms with van der Waals surface area (Å²) in [5.41, 5.74) is 1.23. The molecule has 1 aromatic heterocycles. The number of hydrogen-bond donors (Lipinski definition) is 0. The lowest BCUT2D eigenvalue weighted by Gasteiger charge is -2.08. The fourth-order valence-electron chi connectivity index (χ4n) is 1.65. The van der Waals surface area contributed by atoms with Gasteiger partial charge in [-0.1, -0.05) is 39.0 Å². The highest BCUT2D eigenvalue weighted by atomic mass is 79.9. The lowest BCUT2D eigenvalue weighted by Crippen LogP contribution is -1.89. The Bertz CT molecular complexity index is 312. The van der Waals surface area contributed by atoms with E-state index in [0.29, 0.717) is 0 Å². The molecule has 1 rings (SSSR count). The van der Waals surface area contributed by atoms with Crippen molar-refractivity contribution in [1.82, 2.24) is 0 Å². The zero-order chi connectivity index (χ0) is 12.0. The summed E-state index contributed by atoms with van der Waals surface area (Å²) in [7, 11) is 0. The summed E-state index contributed by atoms with van der Waals surface area (Å²) >= 11 is 15.1. The van der Waals surface area contributed by atoms with Gasteiger partial charge in [0, 0.05) is 0 Å². The number of hydrogen-bond acceptors (Lipinski definition) is 1. The van der Waals surface area contributed by atoms with Crippen LogP contribution in [-0.2, 0) is 0 Å². The van der Waals surface area contributed by atoms with E-state index in [9.17, 15) is 0 Å². The largest absolute Gasteiger partial charge is 0.121 e.